The van der Waals surface area contributed by atoms with E-state index < -0.39 is 0 Å². The molecule has 8 heteroatoms. The monoisotopic (exact) mass is 501 g/mol. The number of hydrogen-bond acceptors (Lipinski definition) is 5. The van der Waals surface area contributed by atoms with Crippen LogP contribution in [0.2, 0.25) is 0 Å². The van der Waals surface area contributed by atoms with Gasteiger partial charge in [0.25, 0.3) is 0 Å². The first-order chi connectivity index (χ1) is 17.4. The van der Waals surface area contributed by atoms with Crippen LogP contribution in [-0.2, 0) is 14.4 Å². The number of carbonyl (C=O) groups excluding carboxylic acids is 3. The van der Waals surface area contributed by atoms with Crippen LogP contribution in [0.5, 0.6) is 0 Å². The number of hydrogen-bond donors (Lipinski definition) is 3. The van der Waals surface area contributed by atoms with Gasteiger partial charge in [-0.3, -0.25) is 19.3 Å². The van der Waals surface area contributed by atoms with Gasteiger partial charge in [0.2, 0.25) is 17.7 Å². The Morgan fingerprint density at radius 3 is 2.14 bits per heavy atom. The summed E-state index contributed by atoms with van der Waals surface area (Å²) < 4.78 is 0. The van der Waals surface area contributed by atoms with Crippen LogP contribution in [0.4, 0.5) is 0 Å². The molecule has 8 nitrogen and oxygen atoms in total. The average Bonchev–Trinajstić information content (AvgIpc) is 3.53. The molecular formula is C28H47N5O3. The highest BCUT2D eigenvalue weighted by Crippen LogP contribution is 2.43. The topological polar surface area (TPSA) is 122 Å². The summed E-state index contributed by atoms with van der Waals surface area (Å²) in [7, 11) is 0. The summed E-state index contributed by atoms with van der Waals surface area (Å²) in [5, 5.41) is 3.49. The maximum absolute atomic E-state index is 13.8. The van der Waals surface area contributed by atoms with Gasteiger partial charge in [-0.05, 0) is 115 Å². The summed E-state index contributed by atoms with van der Waals surface area (Å²) in [6.07, 6.45) is 14.4. The second-order valence-electron chi connectivity index (χ2n) is 12.6. The lowest BCUT2D eigenvalue weighted by atomic mass is 9.77. The Balaban J connectivity index is 1.24. The lowest BCUT2D eigenvalue weighted by Gasteiger charge is -2.40. The van der Waals surface area contributed by atoms with Crippen molar-refractivity contribution < 1.29 is 14.4 Å². The molecule has 0 aromatic rings. The molecule has 6 unspecified atom stereocenters. The number of rotatable bonds is 7. The van der Waals surface area contributed by atoms with E-state index in [0.29, 0.717) is 17.9 Å². The maximum Gasteiger partial charge on any atom is 0.237 e. The average molecular weight is 502 g/mol. The second kappa shape index (κ2) is 11.4. The van der Waals surface area contributed by atoms with Gasteiger partial charge in [-0.2, -0.15) is 0 Å². The zero-order chi connectivity index (χ0) is 25.2. The predicted molar refractivity (Wildman–Crippen MR) is 139 cm³/mol. The first-order valence-electron chi connectivity index (χ1n) is 14.8. The van der Waals surface area contributed by atoms with Crippen LogP contribution in [0.3, 0.4) is 0 Å². The third kappa shape index (κ3) is 5.74. The number of likely N-dealkylation sites (tertiary alicyclic amines) is 2. The van der Waals surface area contributed by atoms with Crippen LogP contribution in [0.25, 0.3) is 0 Å². The number of primary amides is 2. The summed E-state index contributed by atoms with van der Waals surface area (Å²) in [6, 6.07) is 1.02. The Morgan fingerprint density at radius 2 is 1.44 bits per heavy atom. The molecule has 2 heterocycles. The summed E-state index contributed by atoms with van der Waals surface area (Å²) in [5.41, 5.74) is 11.3. The normalized spacial score (nSPS) is 40.0. The first kappa shape index (κ1) is 26.0. The van der Waals surface area contributed by atoms with E-state index in [1.165, 1.54) is 38.8 Å². The number of nitrogens with one attached hydrogen (secondary N) is 1. The van der Waals surface area contributed by atoms with Gasteiger partial charge >= 0.3 is 0 Å². The lowest BCUT2D eigenvalue weighted by Crippen LogP contribution is -2.53. The Morgan fingerprint density at radius 1 is 0.750 bits per heavy atom. The predicted octanol–water partition coefficient (Wildman–Crippen LogP) is 2.15. The van der Waals surface area contributed by atoms with Crippen LogP contribution in [0.15, 0.2) is 0 Å². The molecule has 2 saturated heterocycles. The van der Waals surface area contributed by atoms with Gasteiger partial charge in [0, 0.05) is 36.5 Å². The Bertz CT molecular complexity index is 807. The summed E-state index contributed by atoms with van der Waals surface area (Å²) in [6.45, 7) is 3.30. The van der Waals surface area contributed by atoms with Crippen LogP contribution < -0.4 is 16.8 Å². The van der Waals surface area contributed by atoms with E-state index in [4.69, 9.17) is 11.5 Å². The fraction of sp³-hybridized carbons (Fsp3) is 0.893. The Hall–Kier alpha value is -1.67. The molecule has 2 aliphatic heterocycles. The van der Waals surface area contributed by atoms with Crippen molar-refractivity contribution in [3.05, 3.63) is 0 Å². The highest BCUT2D eigenvalue weighted by Gasteiger charge is 2.48. The van der Waals surface area contributed by atoms with Crippen LogP contribution in [-0.4, -0.2) is 71.3 Å². The molecule has 0 bridgehead atoms. The lowest BCUT2D eigenvalue weighted by molar-refractivity contribution is -0.127. The van der Waals surface area contributed by atoms with E-state index in [2.05, 4.69) is 15.1 Å². The number of nitrogens with two attached hydrogens (primary N) is 2. The van der Waals surface area contributed by atoms with Gasteiger partial charge in [-0.15, -0.1) is 0 Å². The standard InChI is InChI=1S/C28H47N5O3/c29-26(34)19-8-6-18(7-9-19)17-33-24-15-21(27(30)35)11-10-20(24)14-25(33)28(36)31-22-4-3-5-23(16-22)32-12-1-2-13-32/h18-25H,1-17H2,(H2,29,34)(H2,30,35)(H,31,36). The van der Waals surface area contributed by atoms with Gasteiger partial charge in [-0.25, -0.2) is 0 Å². The quantitative estimate of drug-likeness (QED) is 0.493. The van der Waals surface area contributed by atoms with E-state index in [-0.39, 0.29) is 47.7 Å². The Labute approximate surface area is 216 Å². The van der Waals surface area contributed by atoms with Crippen LogP contribution >= 0.6 is 0 Å². The third-order valence-corrected chi connectivity index (χ3v) is 10.4. The highest BCUT2D eigenvalue weighted by atomic mass is 16.2. The summed E-state index contributed by atoms with van der Waals surface area (Å²) in [4.78, 5) is 42.5. The van der Waals surface area contributed by atoms with Crippen molar-refractivity contribution in [3.63, 3.8) is 0 Å². The van der Waals surface area contributed by atoms with Gasteiger partial charge in [0.05, 0.1) is 6.04 Å². The van der Waals surface area contributed by atoms with Crippen LogP contribution in [0.1, 0.15) is 89.9 Å². The van der Waals surface area contributed by atoms with E-state index in [9.17, 15) is 14.4 Å². The van der Waals surface area contributed by atoms with Crippen molar-refractivity contribution in [2.75, 3.05) is 19.6 Å². The van der Waals surface area contributed by atoms with E-state index in [1.807, 2.05) is 0 Å². The van der Waals surface area contributed by atoms with E-state index in [1.54, 1.807) is 0 Å². The number of amides is 3. The zero-order valence-electron chi connectivity index (χ0n) is 21.9. The largest absolute Gasteiger partial charge is 0.369 e. The fourth-order valence-electron chi connectivity index (χ4n) is 8.28. The molecular weight excluding hydrogens is 454 g/mol. The first-order valence-corrected chi connectivity index (χ1v) is 14.8. The molecule has 5 N–H and O–H groups in total. The molecule has 202 valence electrons. The van der Waals surface area contributed by atoms with Gasteiger partial charge in [-0.1, -0.05) is 0 Å². The molecule has 0 aromatic carbocycles. The molecule has 0 radical (unpaired) electrons. The minimum absolute atomic E-state index is 0.00421. The second-order valence-corrected chi connectivity index (χ2v) is 12.6. The summed E-state index contributed by atoms with van der Waals surface area (Å²) >= 11 is 0. The highest BCUT2D eigenvalue weighted by molar-refractivity contribution is 5.82. The van der Waals surface area contributed by atoms with Crippen molar-refractivity contribution in [2.24, 2.45) is 35.1 Å². The Kier molecular flexibility index (Phi) is 8.21. The smallest absolute Gasteiger partial charge is 0.237 e. The molecule has 36 heavy (non-hydrogen) atoms. The van der Waals surface area contributed by atoms with Crippen molar-refractivity contribution in [1.29, 1.82) is 0 Å². The molecule has 5 aliphatic rings. The number of fused-ring (bicyclic) bond motifs is 1. The molecule has 3 aliphatic carbocycles. The van der Waals surface area contributed by atoms with Gasteiger partial charge < -0.3 is 21.7 Å². The molecule has 0 spiro atoms. The minimum Gasteiger partial charge on any atom is -0.369 e. The molecule has 6 atom stereocenters. The number of carbonyl (C=O) groups is 3. The zero-order valence-corrected chi connectivity index (χ0v) is 21.9. The molecule has 5 rings (SSSR count). The van der Waals surface area contributed by atoms with Crippen molar-refractivity contribution in [3.8, 4) is 0 Å². The van der Waals surface area contributed by atoms with Crippen molar-refractivity contribution in [1.82, 2.24) is 15.1 Å². The molecule has 0 aromatic heterocycles. The molecule has 3 saturated carbocycles. The van der Waals surface area contributed by atoms with Crippen molar-refractivity contribution in [2.45, 2.75) is 114 Å². The molecule has 3 amide bonds. The van der Waals surface area contributed by atoms with Crippen LogP contribution in [0, 0.1) is 23.7 Å². The minimum atomic E-state index is -0.196. The van der Waals surface area contributed by atoms with E-state index in [0.717, 1.165) is 70.8 Å². The third-order valence-electron chi connectivity index (χ3n) is 10.4. The van der Waals surface area contributed by atoms with Gasteiger partial charge in [0.15, 0.2) is 0 Å². The molecule has 5 fully saturated rings. The maximum atomic E-state index is 13.8. The SMILES string of the molecule is NC(=O)C1CCC(CN2C(C(=O)NC3CCCC(N4CCCC4)C3)CC3CCC(C(N)=O)CC32)CC1. The van der Waals surface area contributed by atoms with E-state index >= 15 is 0 Å². The fourth-order valence-corrected chi connectivity index (χ4v) is 8.28. The summed E-state index contributed by atoms with van der Waals surface area (Å²) in [5.74, 6) is 0.663. The number of nitrogens with zero attached hydrogens (tertiary/aromatic N) is 2. The van der Waals surface area contributed by atoms with Gasteiger partial charge in [0.1, 0.15) is 0 Å². The van der Waals surface area contributed by atoms with Crippen molar-refractivity contribution >= 4 is 17.7 Å².